The molecule has 1 aromatic rings. The van der Waals surface area contributed by atoms with E-state index in [4.69, 9.17) is 18.9 Å². The minimum Gasteiger partial charge on any atom is -0.463 e. The molecule has 0 bridgehead atoms. The predicted octanol–water partition coefficient (Wildman–Crippen LogP) is 0.716. The summed E-state index contributed by atoms with van der Waals surface area (Å²) < 4.78 is 22.9. The monoisotopic (exact) mass is 382 g/mol. The lowest BCUT2D eigenvalue weighted by atomic mass is 9.95. The predicted molar refractivity (Wildman–Crippen MR) is 90.9 cm³/mol. The van der Waals surface area contributed by atoms with Gasteiger partial charge in [-0.05, 0) is 26.0 Å². The molecule has 2 fully saturated rings. The Kier molecular flexibility index (Phi) is 5.33. The van der Waals surface area contributed by atoms with E-state index >= 15 is 0 Å². The highest BCUT2D eigenvalue weighted by Crippen LogP contribution is 2.33. The van der Waals surface area contributed by atoms with Crippen molar-refractivity contribution < 1.29 is 33.8 Å². The number of fused-ring (bicyclic) bond motifs is 1. The number of benzene rings is 1. The van der Waals surface area contributed by atoms with Crippen LogP contribution in [0.2, 0.25) is 0 Å². The Morgan fingerprint density at radius 2 is 2.04 bits per heavy atom. The van der Waals surface area contributed by atoms with Gasteiger partial charge in [0, 0.05) is 19.1 Å². The van der Waals surface area contributed by atoms with Gasteiger partial charge in [0.1, 0.15) is 30.1 Å². The number of non-ortho nitro benzene ring substituents is 1. The Balaban J connectivity index is 1.79. The summed E-state index contributed by atoms with van der Waals surface area (Å²) >= 11 is 0. The Labute approximate surface area is 155 Å². The Bertz CT molecular complexity index is 707. The Morgan fingerprint density at radius 3 is 2.63 bits per heavy atom. The van der Waals surface area contributed by atoms with Crippen LogP contribution < -0.4 is 10.1 Å². The van der Waals surface area contributed by atoms with E-state index in [1.54, 1.807) is 13.8 Å². The van der Waals surface area contributed by atoms with Crippen LogP contribution in [0.4, 0.5) is 5.69 Å². The first-order valence-electron chi connectivity index (χ1n) is 8.50. The Morgan fingerprint density at radius 1 is 1.37 bits per heavy atom. The van der Waals surface area contributed by atoms with Crippen LogP contribution in [0.25, 0.3) is 0 Å². The fraction of sp³-hybridized carbons (Fsp3) is 0.588. The van der Waals surface area contributed by atoms with Crippen molar-refractivity contribution in [3.05, 3.63) is 34.4 Å². The van der Waals surface area contributed by atoms with E-state index in [2.05, 4.69) is 5.32 Å². The molecule has 3 rings (SSSR count). The van der Waals surface area contributed by atoms with Crippen LogP contribution in [0.15, 0.2) is 24.3 Å². The first-order chi connectivity index (χ1) is 12.7. The number of hydrogen-bond donors (Lipinski definition) is 2. The summed E-state index contributed by atoms with van der Waals surface area (Å²) in [4.78, 5) is 21.8. The van der Waals surface area contributed by atoms with Gasteiger partial charge < -0.3 is 29.4 Å². The molecule has 2 aliphatic rings. The van der Waals surface area contributed by atoms with E-state index in [1.807, 2.05) is 0 Å². The van der Waals surface area contributed by atoms with Crippen LogP contribution in [0.3, 0.4) is 0 Å². The number of aliphatic hydroxyl groups is 1. The second kappa shape index (κ2) is 7.39. The lowest BCUT2D eigenvalue weighted by Gasteiger charge is -2.49. The van der Waals surface area contributed by atoms with Gasteiger partial charge in [0.25, 0.3) is 5.69 Å². The number of hydrogen-bond acceptors (Lipinski definition) is 8. The summed E-state index contributed by atoms with van der Waals surface area (Å²) in [5.41, 5.74) is -0.0817. The number of rotatable bonds is 4. The maximum absolute atomic E-state index is 11.6. The van der Waals surface area contributed by atoms with Gasteiger partial charge in [0.2, 0.25) is 12.2 Å². The SMILES string of the molecule is CC(=O)N[C@@H]1[C@@H](Oc2ccc([N+](=O)[O-])cc2)O[C@@H]2COC(C)(C)O[C@H]2[C@H]1O. The molecular weight excluding hydrogens is 360 g/mol. The summed E-state index contributed by atoms with van der Waals surface area (Å²) in [7, 11) is 0. The van der Waals surface area contributed by atoms with Crippen molar-refractivity contribution >= 4 is 11.6 Å². The highest BCUT2D eigenvalue weighted by atomic mass is 16.8. The van der Waals surface area contributed by atoms with E-state index in [0.29, 0.717) is 5.75 Å². The summed E-state index contributed by atoms with van der Waals surface area (Å²) in [5, 5.41) is 24.2. The van der Waals surface area contributed by atoms with Gasteiger partial charge in [0.15, 0.2) is 5.79 Å². The van der Waals surface area contributed by atoms with Crippen LogP contribution in [0, 0.1) is 10.1 Å². The molecule has 0 aromatic heterocycles. The summed E-state index contributed by atoms with van der Waals surface area (Å²) in [6.45, 7) is 4.95. The molecule has 0 spiro atoms. The third-order valence-electron chi connectivity index (χ3n) is 4.36. The third-order valence-corrected chi connectivity index (χ3v) is 4.36. The molecule has 0 radical (unpaired) electrons. The first-order valence-corrected chi connectivity index (χ1v) is 8.50. The summed E-state index contributed by atoms with van der Waals surface area (Å²) in [6, 6.07) is 4.52. The van der Waals surface area contributed by atoms with Crippen molar-refractivity contribution in [2.24, 2.45) is 0 Å². The summed E-state index contributed by atoms with van der Waals surface area (Å²) in [5.74, 6) is -0.965. The van der Waals surface area contributed by atoms with Crippen molar-refractivity contribution in [1.29, 1.82) is 0 Å². The van der Waals surface area contributed by atoms with Crippen LogP contribution >= 0.6 is 0 Å². The minimum absolute atomic E-state index is 0.0817. The normalized spacial score (nSPS) is 32.2. The number of nitrogens with zero attached hydrogens (tertiary/aromatic N) is 1. The van der Waals surface area contributed by atoms with E-state index in [9.17, 15) is 20.0 Å². The number of amides is 1. The number of aliphatic hydroxyl groups excluding tert-OH is 1. The van der Waals surface area contributed by atoms with Crippen molar-refractivity contribution in [3.8, 4) is 5.75 Å². The van der Waals surface area contributed by atoms with Crippen LogP contribution in [0.5, 0.6) is 5.75 Å². The van der Waals surface area contributed by atoms with E-state index in [-0.39, 0.29) is 18.2 Å². The molecule has 10 nitrogen and oxygen atoms in total. The second-order valence-electron chi connectivity index (χ2n) is 6.92. The zero-order valence-electron chi connectivity index (χ0n) is 15.2. The van der Waals surface area contributed by atoms with Gasteiger partial charge in [-0.15, -0.1) is 0 Å². The van der Waals surface area contributed by atoms with Gasteiger partial charge in [-0.1, -0.05) is 0 Å². The molecule has 2 N–H and O–H groups in total. The van der Waals surface area contributed by atoms with Crippen LogP contribution in [0.1, 0.15) is 20.8 Å². The standard InChI is InChI=1S/C17H22N2O8/c1-9(20)18-13-14(21)15-12(8-24-17(2,3)27-15)26-16(13)25-11-6-4-10(5-7-11)19(22)23/h4-7,12-16,21H,8H2,1-3H3,(H,18,20)/t12-,13+,14+,15-,16+/m1/s1. The van der Waals surface area contributed by atoms with E-state index in [1.165, 1.54) is 31.2 Å². The van der Waals surface area contributed by atoms with Crippen molar-refractivity contribution in [2.75, 3.05) is 6.61 Å². The topological polar surface area (TPSA) is 129 Å². The van der Waals surface area contributed by atoms with Gasteiger partial charge in [-0.2, -0.15) is 0 Å². The van der Waals surface area contributed by atoms with Crippen molar-refractivity contribution in [3.63, 3.8) is 0 Å². The third kappa shape index (κ3) is 4.35. The molecule has 0 aliphatic carbocycles. The average Bonchev–Trinajstić information content (AvgIpc) is 2.59. The fourth-order valence-electron chi connectivity index (χ4n) is 3.11. The fourth-order valence-corrected chi connectivity index (χ4v) is 3.11. The molecule has 1 amide bonds. The molecule has 1 aromatic carbocycles. The largest absolute Gasteiger partial charge is 0.463 e. The highest BCUT2D eigenvalue weighted by molar-refractivity contribution is 5.73. The maximum atomic E-state index is 11.6. The minimum atomic E-state index is -1.10. The number of nitrogens with one attached hydrogen (secondary N) is 1. The number of ether oxygens (including phenoxy) is 4. The zero-order chi connectivity index (χ0) is 19.8. The van der Waals surface area contributed by atoms with E-state index < -0.39 is 41.4 Å². The van der Waals surface area contributed by atoms with Gasteiger partial charge >= 0.3 is 0 Å². The van der Waals surface area contributed by atoms with Crippen molar-refractivity contribution in [2.45, 2.75) is 57.2 Å². The van der Waals surface area contributed by atoms with E-state index in [0.717, 1.165) is 0 Å². The lowest BCUT2D eigenvalue weighted by molar-refractivity contribution is -0.384. The smallest absolute Gasteiger partial charge is 0.269 e. The number of carbonyl (C=O) groups excluding carboxylic acids is 1. The average molecular weight is 382 g/mol. The second-order valence-corrected chi connectivity index (χ2v) is 6.92. The molecule has 27 heavy (non-hydrogen) atoms. The number of nitro benzene ring substituents is 1. The highest BCUT2D eigenvalue weighted by Gasteiger charge is 2.52. The quantitative estimate of drug-likeness (QED) is 0.575. The van der Waals surface area contributed by atoms with Crippen LogP contribution in [-0.4, -0.2) is 59.0 Å². The molecule has 0 unspecified atom stereocenters. The number of nitro groups is 1. The first kappa shape index (κ1) is 19.5. The Hall–Kier alpha value is -2.27. The number of carbonyl (C=O) groups is 1. The zero-order valence-corrected chi connectivity index (χ0v) is 15.2. The lowest BCUT2D eigenvalue weighted by Crippen LogP contribution is -2.69. The molecule has 2 heterocycles. The van der Waals surface area contributed by atoms with Crippen molar-refractivity contribution in [1.82, 2.24) is 5.32 Å². The summed E-state index contributed by atoms with van der Waals surface area (Å²) in [6.07, 6.45) is -3.43. The maximum Gasteiger partial charge on any atom is 0.269 e. The molecule has 2 saturated heterocycles. The molecule has 5 atom stereocenters. The van der Waals surface area contributed by atoms with Gasteiger partial charge in [-0.3, -0.25) is 14.9 Å². The molecule has 10 heteroatoms. The molecule has 2 aliphatic heterocycles. The van der Waals surface area contributed by atoms with Gasteiger partial charge in [-0.25, -0.2) is 0 Å². The molecule has 0 saturated carbocycles. The molecule has 148 valence electrons. The van der Waals surface area contributed by atoms with Gasteiger partial charge in [0.05, 0.1) is 11.5 Å². The van der Waals surface area contributed by atoms with Crippen LogP contribution in [-0.2, 0) is 19.0 Å². The molecular formula is C17H22N2O8.